The molecular formula is C17H17IN2O3S. The largest absolute Gasteiger partial charge is 0.322 e. The van der Waals surface area contributed by atoms with Crippen molar-refractivity contribution in [1.29, 1.82) is 0 Å². The Bertz CT molecular complexity index is 871. The number of amides is 1. The lowest BCUT2D eigenvalue weighted by molar-refractivity contribution is -0.111. The standard InChI is InChI=1S/C17H17IN2O3S/c1-12(2)10-17(21)19-15-4-3-5-16(11-15)24(22,23)20-14-8-6-13(18)7-9-14/h3-11,20H,1-2H3,(H,19,21). The first kappa shape index (κ1) is 18.5. The number of carbonyl (C=O) groups excluding carboxylic acids is 1. The third-order valence-electron chi connectivity index (χ3n) is 2.93. The average molecular weight is 456 g/mol. The third-order valence-corrected chi connectivity index (χ3v) is 5.03. The van der Waals surface area contributed by atoms with Gasteiger partial charge in [-0.25, -0.2) is 8.42 Å². The quantitative estimate of drug-likeness (QED) is 0.528. The van der Waals surface area contributed by atoms with E-state index in [1.165, 1.54) is 18.2 Å². The van der Waals surface area contributed by atoms with Crippen molar-refractivity contribution < 1.29 is 13.2 Å². The topological polar surface area (TPSA) is 75.3 Å². The van der Waals surface area contributed by atoms with Crippen LogP contribution < -0.4 is 10.0 Å². The molecule has 0 aliphatic heterocycles. The number of anilines is 2. The minimum Gasteiger partial charge on any atom is -0.322 e. The van der Waals surface area contributed by atoms with E-state index in [-0.39, 0.29) is 10.8 Å². The molecule has 0 saturated heterocycles. The Morgan fingerprint density at radius 1 is 1.04 bits per heavy atom. The molecule has 126 valence electrons. The van der Waals surface area contributed by atoms with E-state index in [1.54, 1.807) is 24.3 Å². The second-order valence-electron chi connectivity index (χ2n) is 5.35. The van der Waals surface area contributed by atoms with Gasteiger partial charge in [0, 0.05) is 21.0 Å². The fraction of sp³-hybridized carbons (Fsp3) is 0.118. The van der Waals surface area contributed by atoms with Crippen molar-refractivity contribution in [2.45, 2.75) is 18.7 Å². The van der Waals surface area contributed by atoms with Gasteiger partial charge in [0.1, 0.15) is 0 Å². The predicted octanol–water partition coefficient (Wildman–Crippen LogP) is 4.00. The molecule has 5 nitrogen and oxygen atoms in total. The lowest BCUT2D eigenvalue weighted by Gasteiger charge is -2.10. The molecule has 2 aromatic rings. The van der Waals surface area contributed by atoms with E-state index in [9.17, 15) is 13.2 Å². The van der Waals surface area contributed by atoms with Gasteiger partial charge in [-0.2, -0.15) is 0 Å². The van der Waals surface area contributed by atoms with Gasteiger partial charge in [-0.3, -0.25) is 9.52 Å². The maximum atomic E-state index is 12.5. The van der Waals surface area contributed by atoms with Crippen LogP contribution in [-0.2, 0) is 14.8 Å². The van der Waals surface area contributed by atoms with E-state index >= 15 is 0 Å². The van der Waals surface area contributed by atoms with Crippen molar-refractivity contribution in [3.05, 3.63) is 63.8 Å². The van der Waals surface area contributed by atoms with Gasteiger partial charge in [-0.15, -0.1) is 0 Å². The molecular weight excluding hydrogens is 439 g/mol. The van der Waals surface area contributed by atoms with Crippen LogP contribution in [0.1, 0.15) is 13.8 Å². The minimum absolute atomic E-state index is 0.0797. The highest BCUT2D eigenvalue weighted by atomic mass is 127. The Balaban J connectivity index is 2.21. The number of hydrogen-bond acceptors (Lipinski definition) is 3. The van der Waals surface area contributed by atoms with Crippen molar-refractivity contribution in [2.75, 3.05) is 10.0 Å². The van der Waals surface area contributed by atoms with Crippen LogP contribution in [0.5, 0.6) is 0 Å². The van der Waals surface area contributed by atoms with Gasteiger partial charge in [0.05, 0.1) is 4.90 Å². The van der Waals surface area contributed by atoms with Crippen LogP contribution in [0.15, 0.2) is 65.1 Å². The average Bonchev–Trinajstić information content (AvgIpc) is 2.49. The summed E-state index contributed by atoms with van der Waals surface area (Å²) in [4.78, 5) is 11.8. The summed E-state index contributed by atoms with van der Waals surface area (Å²) >= 11 is 2.15. The van der Waals surface area contributed by atoms with Gasteiger partial charge in [0.2, 0.25) is 5.91 Å². The molecule has 0 aromatic heterocycles. The molecule has 2 N–H and O–H groups in total. The Morgan fingerprint density at radius 2 is 1.71 bits per heavy atom. The zero-order valence-corrected chi connectivity index (χ0v) is 16.2. The number of hydrogen-bond donors (Lipinski definition) is 2. The van der Waals surface area contributed by atoms with Crippen LogP contribution in [0.3, 0.4) is 0 Å². The van der Waals surface area contributed by atoms with Crippen LogP contribution in [0, 0.1) is 3.57 Å². The molecule has 0 atom stereocenters. The maximum absolute atomic E-state index is 12.5. The molecule has 2 rings (SSSR count). The zero-order chi connectivity index (χ0) is 17.7. The van der Waals surface area contributed by atoms with Crippen molar-refractivity contribution in [3.63, 3.8) is 0 Å². The second kappa shape index (κ2) is 7.80. The summed E-state index contributed by atoms with van der Waals surface area (Å²) in [6.45, 7) is 3.62. The first-order valence-electron chi connectivity index (χ1n) is 7.10. The van der Waals surface area contributed by atoms with Crippen LogP contribution in [0.25, 0.3) is 0 Å². The van der Waals surface area contributed by atoms with E-state index in [0.717, 1.165) is 9.14 Å². The molecule has 0 unspecified atom stereocenters. The number of rotatable bonds is 5. The second-order valence-corrected chi connectivity index (χ2v) is 8.28. The number of benzene rings is 2. The number of allylic oxidation sites excluding steroid dienone is 1. The van der Waals surface area contributed by atoms with Crippen LogP contribution in [-0.4, -0.2) is 14.3 Å². The number of carbonyl (C=O) groups is 1. The van der Waals surface area contributed by atoms with Crippen molar-refractivity contribution in [3.8, 4) is 0 Å². The Hall–Kier alpha value is -1.87. The third kappa shape index (κ3) is 5.34. The monoisotopic (exact) mass is 456 g/mol. The molecule has 0 heterocycles. The summed E-state index contributed by atoms with van der Waals surface area (Å²) in [7, 11) is -3.73. The molecule has 24 heavy (non-hydrogen) atoms. The fourth-order valence-electron chi connectivity index (χ4n) is 1.91. The molecule has 7 heteroatoms. The van der Waals surface area contributed by atoms with E-state index in [1.807, 2.05) is 26.0 Å². The number of halogens is 1. The van der Waals surface area contributed by atoms with E-state index in [2.05, 4.69) is 32.6 Å². The summed E-state index contributed by atoms with van der Waals surface area (Å²) in [5.74, 6) is -0.296. The van der Waals surface area contributed by atoms with Crippen molar-refractivity contribution in [1.82, 2.24) is 0 Å². The van der Waals surface area contributed by atoms with Crippen molar-refractivity contribution >= 4 is 49.9 Å². The molecule has 0 radical (unpaired) electrons. The van der Waals surface area contributed by atoms with Crippen LogP contribution in [0.2, 0.25) is 0 Å². The smallest absolute Gasteiger partial charge is 0.261 e. The van der Waals surface area contributed by atoms with E-state index in [0.29, 0.717) is 11.4 Å². The van der Waals surface area contributed by atoms with E-state index in [4.69, 9.17) is 0 Å². The first-order chi connectivity index (χ1) is 11.3. The van der Waals surface area contributed by atoms with Gasteiger partial charge in [0.15, 0.2) is 0 Å². The first-order valence-corrected chi connectivity index (χ1v) is 9.67. The summed E-state index contributed by atoms with van der Waals surface area (Å²) in [6.07, 6.45) is 1.45. The highest BCUT2D eigenvalue weighted by molar-refractivity contribution is 14.1. The van der Waals surface area contributed by atoms with Crippen LogP contribution >= 0.6 is 22.6 Å². The molecule has 0 spiro atoms. The Kier molecular flexibility index (Phi) is 6.00. The normalized spacial score (nSPS) is 10.8. The van der Waals surface area contributed by atoms with Gasteiger partial charge < -0.3 is 5.32 Å². The number of nitrogens with one attached hydrogen (secondary N) is 2. The molecule has 1 amide bonds. The SMILES string of the molecule is CC(C)=CC(=O)Nc1cccc(S(=O)(=O)Nc2ccc(I)cc2)c1. The summed E-state index contributed by atoms with van der Waals surface area (Å²) in [6, 6.07) is 13.1. The van der Waals surface area contributed by atoms with E-state index < -0.39 is 10.0 Å². The molecule has 0 aliphatic carbocycles. The summed E-state index contributed by atoms with van der Waals surface area (Å²) < 4.78 is 28.5. The van der Waals surface area contributed by atoms with Crippen LogP contribution in [0.4, 0.5) is 11.4 Å². The highest BCUT2D eigenvalue weighted by Gasteiger charge is 2.15. The lowest BCUT2D eigenvalue weighted by atomic mass is 10.3. The van der Waals surface area contributed by atoms with Gasteiger partial charge >= 0.3 is 0 Å². The van der Waals surface area contributed by atoms with Gasteiger partial charge in [-0.05, 0) is 78.9 Å². The zero-order valence-electron chi connectivity index (χ0n) is 13.2. The maximum Gasteiger partial charge on any atom is 0.261 e. The van der Waals surface area contributed by atoms with Gasteiger partial charge in [0.25, 0.3) is 10.0 Å². The molecule has 0 saturated carbocycles. The lowest BCUT2D eigenvalue weighted by Crippen LogP contribution is -2.14. The predicted molar refractivity (Wildman–Crippen MR) is 104 cm³/mol. The Labute approximate surface area is 155 Å². The highest BCUT2D eigenvalue weighted by Crippen LogP contribution is 2.20. The Morgan fingerprint density at radius 3 is 2.33 bits per heavy atom. The summed E-state index contributed by atoms with van der Waals surface area (Å²) in [5, 5.41) is 2.65. The van der Waals surface area contributed by atoms with Crippen molar-refractivity contribution in [2.24, 2.45) is 0 Å². The molecule has 0 aliphatic rings. The fourth-order valence-corrected chi connectivity index (χ4v) is 3.38. The summed E-state index contributed by atoms with van der Waals surface area (Å²) in [5.41, 5.74) is 1.76. The molecule has 0 fully saturated rings. The minimum atomic E-state index is -3.73. The number of sulfonamides is 1. The molecule has 2 aromatic carbocycles. The van der Waals surface area contributed by atoms with Gasteiger partial charge in [-0.1, -0.05) is 11.6 Å². The molecule has 0 bridgehead atoms.